The van der Waals surface area contributed by atoms with Crippen molar-refractivity contribution in [1.29, 1.82) is 0 Å². The van der Waals surface area contributed by atoms with Crippen LogP contribution in [0.3, 0.4) is 0 Å². The Kier molecular flexibility index (Phi) is 13.0. The zero-order valence-electron chi connectivity index (χ0n) is 24.9. The first-order valence-corrected chi connectivity index (χ1v) is 15.6. The number of benzene rings is 3. The first-order valence-electron chi connectivity index (χ1n) is 15.6. The first-order chi connectivity index (χ1) is 21.0. The highest BCUT2D eigenvalue weighted by atomic mass is 19.1. The minimum atomic E-state index is -0.688. The van der Waals surface area contributed by atoms with Crippen molar-refractivity contribution in [2.45, 2.75) is 63.9 Å². The Hall–Kier alpha value is -3.75. The zero-order valence-corrected chi connectivity index (χ0v) is 24.9. The van der Waals surface area contributed by atoms with E-state index >= 15 is 0 Å². The third-order valence-corrected chi connectivity index (χ3v) is 7.92. The lowest BCUT2D eigenvalue weighted by Gasteiger charge is -2.31. The summed E-state index contributed by atoms with van der Waals surface area (Å²) in [5.41, 5.74) is 2.79. The van der Waals surface area contributed by atoms with Crippen molar-refractivity contribution >= 4 is 17.6 Å². The maximum atomic E-state index is 13.8. The molecular formula is C35H44FN3O4. The van der Waals surface area contributed by atoms with Crippen molar-refractivity contribution in [2.75, 3.05) is 38.0 Å². The average Bonchev–Trinajstić information content (AvgIpc) is 3.01. The number of carbonyl (C=O) groups is 2. The molecule has 0 saturated carbocycles. The second-order valence-electron chi connectivity index (χ2n) is 11.2. The highest BCUT2D eigenvalue weighted by molar-refractivity contribution is 5.98. The van der Waals surface area contributed by atoms with Gasteiger partial charge in [-0.2, -0.15) is 0 Å². The van der Waals surface area contributed by atoms with Gasteiger partial charge in [-0.15, -0.1) is 0 Å². The summed E-state index contributed by atoms with van der Waals surface area (Å²) in [6.07, 6.45) is 9.35. The molecule has 0 bridgehead atoms. The molecule has 3 aromatic rings. The fourth-order valence-electron chi connectivity index (χ4n) is 5.50. The Balaban J connectivity index is 0.991. The quantitative estimate of drug-likeness (QED) is 0.119. The molecule has 43 heavy (non-hydrogen) atoms. The van der Waals surface area contributed by atoms with E-state index in [9.17, 15) is 19.1 Å². The number of carbonyl (C=O) groups excluding carboxylic acids is 2. The number of piperidine rings is 1. The summed E-state index contributed by atoms with van der Waals surface area (Å²) >= 11 is 0. The number of anilines is 1. The number of phenols is 1. The highest BCUT2D eigenvalue weighted by Crippen LogP contribution is 2.28. The number of nitrogens with zero attached hydrogens (tertiary/aromatic N) is 1. The van der Waals surface area contributed by atoms with Gasteiger partial charge in [-0.1, -0.05) is 80.6 Å². The van der Waals surface area contributed by atoms with Gasteiger partial charge >= 0.3 is 6.09 Å². The Morgan fingerprint density at radius 2 is 1.53 bits per heavy atom. The van der Waals surface area contributed by atoms with Crippen molar-refractivity contribution in [3.8, 4) is 16.9 Å². The number of para-hydroxylation sites is 1. The zero-order chi connectivity index (χ0) is 30.3. The molecule has 0 radical (unpaired) electrons. The summed E-state index contributed by atoms with van der Waals surface area (Å²) in [6, 6.07) is 21.4. The van der Waals surface area contributed by atoms with Gasteiger partial charge < -0.3 is 20.1 Å². The van der Waals surface area contributed by atoms with Crippen molar-refractivity contribution in [3.05, 3.63) is 84.2 Å². The molecule has 3 N–H and O–H groups in total. The molecule has 1 aliphatic heterocycles. The van der Waals surface area contributed by atoms with E-state index in [0.29, 0.717) is 0 Å². The predicted molar refractivity (Wildman–Crippen MR) is 169 cm³/mol. The van der Waals surface area contributed by atoms with Crippen LogP contribution in [-0.4, -0.2) is 60.7 Å². The summed E-state index contributed by atoms with van der Waals surface area (Å²) in [7, 11) is 0. The fourth-order valence-corrected chi connectivity index (χ4v) is 5.50. The van der Waals surface area contributed by atoms with Gasteiger partial charge in [0.2, 0.25) is 0 Å². The number of aromatic hydroxyl groups is 1. The van der Waals surface area contributed by atoms with Crippen LogP contribution in [0.15, 0.2) is 72.8 Å². The van der Waals surface area contributed by atoms with E-state index in [1.54, 1.807) is 0 Å². The Bertz CT molecular complexity index is 1300. The van der Waals surface area contributed by atoms with Crippen LogP contribution >= 0.6 is 0 Å². The van der Waals surface area contributed by atoms with Crippen LogP contribution in [0.2, 0.25) is 0 Å². The Morgan fingerprint density at radius 3 is 2.28 bits per heavy atom. The van der Waals surface area contributed by atoms with Gasteiger partial charge in [0.05, 0.1) is 17.8 Å². The van der Waals surface area contributed by atoms with Crippen LogP contribution in [-0.2, 0) is 4.74 Å². The van der Waals surface area contributed by atoms with Crippen molar-refractivity contribution in [2.24, 2.45) is 0 Å². The summed E-state index contributed by atoms with van der Waals surface area (Å²) in [6.45, 7) is 3.82. The molecule has 4 rings (SSSR count). The lowest BCUT2D eigenvalue weighted by atomic mass is 10.0. The summed E-state index contributed by atoms with van der Waals surface area (Å²) in [5, 5.41) is 15.3. The molecule has 7 nitrogen and oxygen atoms in total. The van der Waals surface area contributed by atoms with Crippen LogP contribution in [0.5, 0.6) is 5.75 Å². The number of Topliss-reactive ketones (excluding diaryl/α,β-unsaturated/α-hetero) is 1. The predicted octanol–water partition coefficient (Wildman–Crippen LogP) is 7.41. The van der Waals surface area contributed by atoms with Crippen molar-refractivity contribution in [1.82, 2.24) is 10.2 Å². The van der Waals surface area contributed by atoms with Gasteiger partial charge in [-0.05, 0) is 62.5 Å². The number of nitrogens with one attached hydrogen (secondary N) is 2. The fraction of sp³-hybridized carbons (Fsp3) is 0.429. The van der Waals surface area contributed by atoms with E-state index < -0.39 is 11.9 Å². The molecule has 1 heterocycles. The number of ether oxygens (including phenoxy) is 1. The molecule has 1 fully saturated rings. The van der Waals surface area contributed by atoms with E-state index in [-0.39, 0.29) is 29.7 Å². The SMILES string of the molecule is O=C(Nc1ccccc1-c1ccccc1)OC1CCN(CCCCCCCCCNCC(=O)c2ccc(O)cc2F)CC1. The molecule has 0 unspecified atom stereocenters. The second kappa shape index (κ2) is 17.4. The van der Waals surface area contributed by atoms with Gasteiger partial charge in [0.25, 0.3) is 0 Å². The average molecular weight is 590 g/mol. The van der Waals surface area contributed by atoms with Crippen LogP contribution in [0.25, 0.3) is 11.1 Å². The smallest absolute Gasteiger partial charge is 0.411 e. The van der Waals surface area contributed by atoms with Gasteiger partial charge in [0.15, 0.2) is 5.78 Å². The number of ketones is 1. The van der Waals surface area contributed by atoms with E-state index in [0.717, 1.165) is 74.7 Å². The number of unbranched alkanes of at least 4 members (excludes halogenated alkanes) is 6. The third kappa shape index (κ3) is 10.8. The Labute approximate surface area is 254 Å². The summed E-state index contributed by atoms with van der Waals surface area (Å²) in [4.78, 5) is 27.2. The van der Waals surface area contributed by atoms with Crippen LogP contribution in [0, 0.1) is 5.82 Å². The molecule has 8 heteroatoms. The second-order valence-corrected chi connectivity index (χ2v) is 11.2. The number of rotatable bonds is 16. The van der Waals surface area contributed by atoms with Crippen LogP contribution in [0.1, 0.15) is 68.1 Å². The number of hydrogen-bond acceptors (Lipinski definition) is 6. The molecule has 3 aromatic carbocycles. The lowest BCUT2D eigenvalue weighted by Crippen LogP contribution is -2.38. The normalized spacial score (nSPS) is 14.0. The molecule has 0 aromatic heterocycles. The first kappa shape index (κ1) is 32.2. The Morgan fingerprint density at radius 1 is 0.860 bits per heavy atom. The molecule has 0 aliphatic carbocycles. The third-order valence-electron chi connectivity index (χ3n) is 7.92. The largest absolute Gasteiger partial charge is 0.508 e. The standard InChI is InChI=1S/C35H44FN3O4/c36-32-25-28(40)17-18-31(32)34(41)26-37-21-11-4-2-1-3-5-12-22-39-23-19-29(20-24-39)43-35(42)38-33-16-10-9-15-30(33)27-13-7-6-8-14-27/h6-10,13-18,25,29,37,40H,1-5,11-12,19-24,26H2,(H,38,42). The van der Waals surface area contributed by atoms with E-state index in [4.69, 9.17) is 4.74 Å². The lowest BCUT2D eigenvalue weighted by molar-refractivity contribution is 0.0584. The molecule has 230 valence electrons. The summed E-state index contributed by atoms with van der Waals surface area (Å²) < 4.78 is 19.5. The van der Waals surface area contributed by atoms with E-state index in [1.807, 2.05) is 54.6 Å². The minimum absolute atomic E-state index is 0.00653. The highest BCUT2D eigenvalue weighted by Gasteiger charge is 2.22. The monoisotopic (exact) mass is 589 g/mol. The van der Waals surface area contributed by atoms with Crippen LogP contribution < -0.4 is 10.6 Å². The topological polar surface area (TPSA) is 90.9 Å². The number of amides is 1. The number of likely N-dealkylation sites (tertiary alicyclic amines) is 1. The molecule has 1 saturated heterocycles. The van der Waals surface area contributed by atoms with Crippen molar-refractivity contribution < 1.29 is 23.8 Å². The molecule has 1 aliphatic rings. The van der Waals surface area contributed by atoms with Gasteiger partial charge in [0, 0.05) is 24.7 Å². The molecule has 0 spiro atoms. The van der Waals surface area contributed by atoms with Crippen LogP contribution in [0.4, 0.5) is 14.9 Å². The summed E-state index contributed by atoms with van der Waals surface area (Å²) in [5.74, 6) is -1.18. The van der Waals surface area contributed by atoms with E-state index in [2.05, 4.69) is 15.5 Å². The molecule has 1 amide bonds. The van der Waals surface area contributed by atoms with E-state index in [1.165, 1.54) is 44.2 Å². The van der Waals surface area contributed by atoms with Crippen molar-refractivity contribution in [3.63, 3.8) is 0 Å². The molecular weight excluding hydrogens is 545 g/mol. The number of halogens is 1. The van der Waals surface area contributed by atoms with Gasteiger partial charge in [-0.25, -0.2) is 9.18 Å². The molecule has 0 atom stereocenters. The van der Waals surface area contributed by atoms with Gasteiger partial charge in [-0.3, -0.25) is 10.1 Å². The number of phenolic OH excluding ortho intramolecular Hbond substituents is 1. The maximum absolute atomic E-state index is 13.8. The number of hydrogen-bond donors (Lipinski definition) is 3. The minimum Gasteiger partial charge on any atom is -0.508 e. The maximum Gasteiger partial charge on any atom is 0.411 e. The van der Waals surface area contributed by atoms with Gasteiger partial charge in [0.1, 0.15) is 17.7 Å².